The predicted molar refractivity (Wildman–Crippen MR) is 46.3 cm³/mol. The predicted octanol–water partition coefficient (Wildman–Crippen LogP) is 1.58. The molecule has 0 fully saturated rings. The van der Waals surface area contributed by atoms with Gasteiger partial charge in [-0.3, -0.25) is 4.57 Å². The van der Waals surface area contributed by atoms with E-state index >= 15 is 0 Å². The molecular formula is C9H5F3N2O. The van der Waals surface area contributed by atoms with E-state index in [1.807, 2.05) is 0 Å². The lowest BCUT2D eigenvalue weighted by Gasteiger charge is -2.03. The molecule has 0 bridgehead atoms. The van der Waals surface area contributed by atoms with Crippen LogP contribution in [-0.2, 0) is 0 Å². The number of imidazole rings is 1. The molecule has 0 saturated carbocycles. The molecule has 78 valence electrons. The summed E-state index contributed by atoms with van der Waals surface area (Å²) in [5.74, 6) is -3.55. The third kappa shape index (κ3) is 1.54. The van der Waals surface area contributed by atoms with Crippen molar-refractivity contribution in [2.75, 3.05) is 0 Å². The van der Waals surface area contributed by atoms with Crippen LogP contribution in [0, 0.1) is 17.5 Å². The fourth-order valence-electron chi connectivity index (χ4n) is 1.23. The maximum atomic E-state index is 13.2. The number of aromatic amines is 1. The van der Waals surface area contributed by atoms with Crippen LogP contribution in [0.25, 0.3) is 5.69 Å². The molecule has 0 spiro atoms. The van der Waals surface area contributed by atoms with Crippen LogP contribution < -0.4 is 5.69 Å². The van der Waals surface area contributed by atoms with Crippen molar-refractivity contribution in [1.29, 1.82) is 0 Å². The van der Waals surface area contributed by atoms with E-state index in [-0.39, 0.29) is 0 Å². The summed E-state index contributed by atoms with van der Waals surface area (Å²) in [5.41, 5.74) is -1.13. The van der Waals surface area contributed by atoms with Crippen LogP contribution in [0.5, 0.6) is 0 Å². The van der Waals surface area contributed by atoms with E-state index in [2.05, 4.69) is 4.98 Å². The van der Waals surface area contributed by atoms with Crippen molar-refractivity contribution in [3.05, 3.63) is 52.5 Å². The van der Waals surface area contributed by atoms with Gasteiger partial charge in [-0.2, -0.15) is 0 Å². The number of nitrogens with one attached hydrogen (secondary N) is 1. The maximum absolute atomic E-state index is 13.2. The number of nitrogens with zero attached hydrogens (tertiary/aromatic N) is 1. The molecule has 2 rings (SSSR count). The highest BCUT2D eigenvalue weighted by Crippen LogP contribution is 2.16. The standard InChI is InChI=1S/C9H5F3N2O/c10-5-3-6(11)8(12)7(4-5)14-2-1-13-9(14)15/h1-4H,(H,13,15). The minimum Gasteiger partial charge on any atom is -0.312 e. The van der Waals surface area contributed by atoms with Crippen molar-refractivity contribution in [3.8, 4) is 5.69 Å². The summed E-state index contributed by atoms with van der Waals surface area (Å²) < 4.78 is 39.6. The van der Waals surface area contributed by atoms with E-state index in [4.69, 9.17) is 0 Å². The lowest BCUT2D eigenvalue weighted by molar-refractivity contribution is 0.490. The van der Waals surface area contributed by atoms with Gasteiger partial charge in [0.25, 0.3) is 0 Å². The smallest absolute Gasteiger partial charge is 0.312 e. The maximum Gasteiger partial charge on any atom is 0.330 e. The Kier molecular flexibility index (Phi) is 2.11. The molecule has 6 heteroatoms. The number of hydrogen-bond acceptors (Lipinski definition) is 1. The second-order valence-corrected chi connectivity index (χ2v) is 2.86. The molecule has 0 aliphatic rings. The van der Waals surface area contributed by atoms with E-state index in [1.54, 1.807) is 0 Å². The summed E-state index contributed by atoms with van der Waals surface area (Å²) in [4.78, 5) is 13.3. The first-order valence-electron chi connectivity index (χ1n) is 4.00. The zero-order valence-corrected chi connectivity index (χ0v) is 7.30. The molecular weight excluding hydrogens is 209 g/mol. The number of hydrogen-bond donors (Lipinski definition) is 1. The van der Waals surface area contributed by atoms with Gasteiger partial charge in [-0.25, -0.2) is 18.0 Å². The first-order chi connectivity index (χ1) is 7.09. The molecule has 0 atom stereocenters. The van der Waals surface area contributed by atoms with Gasteiger partial charge in [-0.1, -0.05) is 0 Å². The Labute approximate surface area is 81.8 Å². The average molecular weight is 214 g/mol. The first-order valence-corrected chi connectivity index (χ1v) is 4.00. The van der Waals surface area contributed by atoms with Crippen LogP contribution in [-0.4, -0.2) is 9.55 Å². The van der Waals surface area contributed by atoms with E-state index in [0.717, 1.165) is 10.6 Å². The minimum absolute atomic E-state index is 0.413. The van der Waals surface area contributed by atoms with Crippen molar-refractivity contribution in [2.45, 2.75) is 0 Å². The zero-order valence-electron chi connectivity index (χ0n) is 7.30. The van der Waals surface area contributed by atoms with Crippen molar-refractivity contribution < 1.29 is 13.2 Å². The van der Waals surface area contributed by atoms with Gasteiger partial charge in [0, 0.05) is 24.5 Å². The SMILES string of the molecule is O=c1[nH]ccn1-c1cc(F)cc(F)c1F. The number of benzene rings is 1. The number of aromatic nitrogens is 2. The molecule has 0 amide bonds. The zero-order chi connectivity index (χ0) is 11.0. The Morgan fingerprint density at radius 2 is 1.93 bits per heavy atom. The number of rotatable bonds is 1. The Hall–Kier alpha value is -1.98. The summed E-state index contributed by atoms with van der Waals surface area (Å²) in [5, 5.41) is 0. The van der Waals surface area contributed by atoms with Crippen molar-refractivity contribution in [1.82, 2.24) is 9.55 Å². The molecule has 0 aliphatic carbocycles. The summed E-state index contributed by atoms with van der Waals surface area (Å²) in [7, 11) is 0. The highest BCUT2D eigenvalue weighted by molar-refractivity contribution is 5.34. The number of H-pyrrole nitrogens is 1. The average Bonchev–Trinajstić information content (AvgIpc) is 2.58. The molecule has 3 nitrogen and oxygen atoms in total. The fourth-order valence-corrected chi connectivity index (χ4v) is 1.23. The molecule has 1 aromatic carbocycles. The van der Waals surface area contributed by atoms with Gasteiger partial charge in [0.05, 0.1) is 5.69 Å². The topological polar surface area (TPSA) is 37.8 Å². The van der Waals surface area contributed by atoms with Crippen LogP contribution in [0.15, 0.2) is 29.3 Å². The molecule has 1 heterocycles. The third-order valence-corrected chi connectivity index (χ3v) is 1.88. The second kappa shape index (κ2) is 3.30. The Morgan fingerprint density at radius 3 is 2.53 bits per heavy atom. The van der Waals surface area contributed by atoms with Crippen molar-refractivity contribution in [2.24, 2.45) is 0 Å². The van der Waals surface area contributed by atoms with Crippen LogP contribution in [0.2, 0.25) is 0 Å². The van der Waals surface area contributed by atoms with Crippen LogP contribution in [0.1, 0.15) is 0 Å². The highest BCUT2D eigenvalue weighted by Gasteiger charge is 2.13. The Bertz CT molecular complexity index is 559. The van der Waals surface area contributed by atoms with E-state index in [9.17, 15) is 18.0 Å². The highest BCUT2D eigenvalue weighted by atomic mass is 19.2. The summed E-state index contributed by atoms with van der Waals surface area (Å²) in [6, 6.07) is 1.16. The van der Waals surface area contributed by atoms with Gasteiger partial charge in [0.2, 0.25) is 0 Å². The summed E-state index contributed by atoms with van der Waals surface area (Å²) in [6.07, 6.45) is 2.42. The fraction of sp³-hybridized carbons (Fsp3) is 0. The third-order valence-electron chi connectivity index (χ3n) is 1.88. The molecule has 1 N–H and O–H groups in total. The molecule has 15 heavy (non-hydrogen) atoms. The molecule has 1 aromatic heterocycles. The Morgan fingerprint density at radius 1 is 1.20 bits per heavy atom. The van der Waals surface area contributed by atoms with Crippen LogP contribution in [0.3, 0.4) is 0 Å². The molecule has 0 aliphatic heterocycles. The van der Waals surface area contributed by atoms with Gasteiger partial charge in [0.15, 0.2) is 11.6 Å². The van der Waals surface area contributed by atoms with Crippen molar-refractivity contribution in [3.63, 3.8) is 0 Å². The van der Waals surface area contributed by atoms with E-state index in [0.29, 0.717) is 6.07 Å². The molecule has 0 radical (unpaired) electrons. The molecule has 0 unspecified atom stereocenters. The largest absolute Gasteiger partial charge is 0.330 e. The van der Waals surface area contributed by atoms with E-state index < -0.39 is 28.8 Å². The van der Waals surface area contributed by atoms with Gasteiger partial charge >= 0.3 is 5.69 Å². The molecule has 2 aromatic rings. The molecule has 0 saturated heterocycles. The van der Waals surface area contributed by atoms with Crippen LogP contribution >= 0.6 is 0 Å². The normalized spacial score (nSPS) is 10.6. The van der Waals surface area contributed by atoms with Gasteiger partial charge in [0.1, 0.15) is 5.82 Å². The lowest BCUT2D eigenvalue weighted by Crippen LogP contribution is -2.16. The summed E-state index contributed by atoms with van der Waals surface area (Å²) >= 11 is 0. The lowest BCUT2D eigenvalue weighted by atomic mass is 10.3. The first kappa shape index (κ1) is 9.57. The van der Waals surface area contributed by atoms with Gasteiger partial charge < -0.3 is 4.98 Å². The second-order valence-electron chi connectivity index (χ2n) is 2.86. The van der Waals surface area contributed by atoms with E-state index in [1.165, 1.54) is 12.4 Å². The number of halogens is 3. The van der Waals surface area contributed by atoms with Gasteiger partial charge in [-0.05, 0) is 0 Å². The van der Waals surface area contributed by atoms with Crippen molar-refractivity contribution >= 4 is 0 Å². The Balaban J connectivity index is 2.73. The monoisotopic (exact) mass is 214 g/mol. The van der Waals surface area contributed by atoms with Gasteiger partial charge in [-0.15, -0.1) is 0 Å². The quantitative estimate of drug-likeness (QED) is 0.719. The van der Waals surface area contributed by atoms with Crippen LogP contribution in [0.4, 0.5) is 13.2 Å². The minimum atomic E-state index is -1.34. The summed E-state index contributed by atoms with van der Waals surface area (Å²) in [6.45, 7) is 0.